The normalized spacial score (nSPS) is 18.5. The Kier molecular flexibility index (Phi) is 5.46. The second-order valence-corrected chi connectivity index (χ2v) is 6.44. The number of carbonyl (C=O) groups is 1. The van der Waals surface area contributed by atoms with Crippen LogP contribution in [0.2, 0.25) is 0 Å². The van der Waals surface area contributed by atoms with Gasteiger partial charge in [0.05, 0.1) is 13.2 Å². The molecule has 1 saturated heterocycles. The number of hydrogen-bond acceptors (Lipinski definition) is 4. The summed E-state index contributed by atoms with van der Waals surface area (Å²) in [6.45, 7) is 2.35. The van der Waals surface area contributed by atoms with Crippen LogP contribution in [0.1, 0.15) is 17.5 Å². The largest absolute Gasteiger partial charge is 0.392 e. The van der Waals surface area contributed by atoms with Gasteiger partial charge in [-0.05, 0) is 43.3 Å². The van der Waals surface area contributed by atoms with Crippen molar-refractivity contribution in [3.8, 4) is 0 Å². The molecule has 1 aromatic carbocycles. The summed E-state index contributed by atoms with van der Waals surface area (Å²) in [4.78, 5) is 14.2. The van der Waals surface area contributed by atoms with Crippen molar-refractivity contribution in [2.45, 2.75) is 26.0 Å². The van der Waals surface area contributed by atoms with Crippen molar-refractivity contribution in [2.75, 3.05) is 30.4 Å². The van der Waals surface area contributed by atoms with Crippen molar-refractivity contribution in [3.63, 3.8) is 0 Å². The number of aryl methyl sites for hydroxylation is 1. The fourth-order valence-electron chi connectivity index (χ4n) is 2.32. The molecular formula is C15H22N2O2S. The average molecular weight is 294 g/mol. The van der Waals surface area contributed by atoms with Gasteiger partial charge in [-0.2, -0.15) is 11.8 Å². The van der Waals surface area contributed by atoms with Crippen molar-refractivity contribution < 1.29 is 9.90 Å². The molecule has 1 fully saturated rings. The lowest BCUT2D eigenvalue weighted by atomic mass is 10.1. The number of nitrogens with one attached hydrogen (secondary N) is 1. The molecule has 0 saturated carbocycles. The van der Waals surface area contributed by atoms with E-state index in [2.05, 4.69) is 10.2 Å². The van der Waals surface area contributed by atoms with Gasteiger partial charge in [-0.1, -0.05) is 12.1 Å². The number of benzene rings is 1. The predicted octanol–water partition coefficient (Wildman–Crippen LogP) is 1.86. The molecule has 4 nitrogen and oxygen atoms in total. The summed E-state index contributed by atoms with van der Waals surface area (Å²) in [7, 11) is 2.01. The van der Waals surface area contributed by atoms with Crippen LogP contribution in [0.5, 0.6) is 0 Å². The molecule has 1 heterocycles. The molecule has 2 N–H and O–H groups in total. The molecule has 1 amide bonds. The van der Waals surface area contributed by atoms with Crippen LogP contribution in [-0.2, 0) is 11.4 Å². The third-order valence-corrected chi connectivity index (χ3v) is 4.83. The van der Waals surface area contributed by atoms with E-state index in [4.69, 9.17) is 5.11 Å². The first-order chi connectivity index (χ1) is 9.60. The van der Waals surface area contributed by atoms with E-state index in [1.165, 1.54) is 5.75 Å². The SMILES string of the molecule is Cc1ccc(CO)cc1NC(=O)CN(C)C1CCSC1. The number of amides is 1. The van der Waals surface area contributed by atoms with E-state index in [0.29, 0.717) is 12.6 Å². The summed E-state index contributed by atoms with van der Waals surface area (Å²) >= 11 is 1.95. The number of hydrogen-bond donors (Lipinski definition) is 2. The van der Waals surface area contributed by atoms with Gasteiger partial charge in [-0.3, -0.25) is 9.69 Å². The molecule has 0 bridgehead atoms. The van der Waals surface area contributed by atoms with Crippen LogP contribution in [0.25, 0.3) is 0 Å². The second-order valence-electron chi connectivity index (χ2n) is 5.29. The number of rotatable bonds is 5. The molecule has 0 spiro atoms. The first kappa shape index (κ1) is 15.4. The fraction of sp³-hybridized carbons (Fsp3) is 0.533. The molecule has 5 heteroatoms. The molecule has 1 unspecified atom stereocenters. The van der Waals surface area contributed by atoms with Gasteiger partial charge >= 0.3 is 0 Å². The van der Waals surface area contributed by atoms with Crippen molar-refractivity contribution in [1.29, 1.82) is 0 Å². The smallest absolute Gasteiger partial charge is 0.238 e. The predicted molar refractivity (Wildman–Crippen MR) is 84.1 cm³/mol. The number of likely N-dealkylation sites (N-methyl/N-ethyl adjacent to an activating group) is 1. The second kappa shape index (κ2) is 7.11. The van der Waals surface area contributed by atoms with Gasteiger partial charge in [-0.25, -0.2) is 0 Å². The van der Waals surface area contributed by atoms with E-state index in [1.807, 2.05) is 43.9 Å². The minimum Gasteiger partial charge on any atom is -0.392 e. The summed E-state index contributed by atoms with van der Waals surface area (Å²) in [5.41, 5.74) is 2.61. The first-order valence-corrected chi connectivity index (χ1v) is 8.04. The van der Waals surface area contributed by atoms with Gasteiger partial charge in [0.25, 0.3) is 0 Å². The monoisotopic (exact) mass is 294 g/mol. The van der Waals surface area contributed by atoms with E-state index in [1.54, 1.807) is 0 Å². The van der Waals surface area contributed by atoms with E-state index >= 15 is 0 Å². The third-order valence-electron chi connectivity index (χ3n) is 3.68. The summed E-state index contributed by atoms with van der Waals surface area (Å²) in [5, 5.41) is 12.1. The number of thioether (sulfide) groups is 1. The Morgan fingerprint density at radius 2 is 2.35 bits per heavy atom. The Morgan fingerprint density at radius 3 is 3.00 bits per heavy atom. The minimum absolute atomic E-state index is 0.00240. The molecule has 110 valence electrons. The summed E-state index contributed by atoms with van der Waals surface area (Å²) in [5.74, 6) is 2.31. The average Bonchev–Trinajstić information content (AvgIpc) is 2.95. The topological polar surface area (TPSA) is 52.6 Å². The number of carbonyl (C=O) groups excluding carboxylic acids is 1. The maximum atomic E-state index is 12.1. The first-order valence-electron chi connectivity index (χ1n) is 6.88. The van der Waals surface area contributed by atoms with Crippen LogP contribution >= 0.6 is 11.8 Å². The Labute approximate surface area is 124 Å². The molecule has 1 atom stereocenters. The number of anilines is 1. The third kappa shape index (κ3) is 3.98. The lowest BCUT2D eigenvalue weighted by Gasteiger charge is -2.23. The Morgan fingerprint density at radius 1 is 1.55 bits per heavy atom. The Balaban J connectivity index is 1.93. The quantitative estimate of drug-likeness (QED) is 0.870. The summed E-state index contributed by atoms with van der Waals surface area (Å²) in [6, 6.07) is 6.12. The van der Waals surface area contributed by atoms with Crippen LogP contribution in [0.15, 0.2) is 18.2 Å². The van der Waals surface area contributed by atoms with E-state index in [-0.39, 0.29) is 12.5 Å². The molecule has 1 aromatic rings. The van der Waals surface area contributed by atoms with Gasteiger partial charge in [0.1, 0.15) is 0 Å². The van der Waals surface area contributed by atoms with Gasteiger partial charge < -0.3 is 10.4 Å². The van der Waals surface area contributed by atoms with Crippen LogP contribution in [-0.4, -0.2) is 47.1 Å². The number of aliphatic hydroxyl groups excluding tert-OH is 1. The Bertz CT molecular complexity index is 473. The highest BCUT2D eigenvalue weighted by Gasteiger charge is 2.21. The zero-order chi connectivity index (χ0) is 14.5. The molecule has 1 aliphatic rings. The van der Waals surface area contributed by atoms with Crippen molar-refractivity contribution >= 4 is 23.4 Å². The van der Waals surface area contributed by atoms with E-state index < -0.39 is 0 Å². The minimum atomic E-state index is -0.0116. The van der Waals surface area contributed by atoms with Crippen LogP contribution in [0.3, 0.4) is 0 Å². The van der Waals surface area contributed by atoms with Gasteiger partial charge in [0.2, 0.25) is 5.91 Å². The lowest BCUT2D eigenvalue weighted by molar-refractivity contribution is -0.117. The zero-order valence-corrected chi connectivity index (χ0v) is 12.9. The highest BCUT2D eigenvalue weighted by Crippen LogP contribution is 2.21. The summed E-state index contributed by atoms with van der Waals surface area (Å²) < 4.78 is 0. The fourth-order valence-corrected chi connectivity index (χ4v) is 3.62. The lowest BCUT2D eigenvalue weighted by Crippen LogP contribution is -2.38. The van der Waals surface area contributed by atoms with Crippen molar-refractivity contribution in [1.82, 2.24) is 4.90 Å². The maximum Gasteiger partial charge on any atom is 0.238 e. The highest BCUT2D eigenvalue weighted by molar-refractivity contribution is 7.99. The molecule has 0 aromatic heterocycles. The van der Waals surface area contributed by atoms with Crippen LogP contribution in [0, 0.1) is 6.92 Å². The zero-order valence-electron chi connectivity index (χ0n) is 12.1. The molecule has 1 aliphatic heterocycles. The van der Waals surface area contributed by atoms with Gasteiger partial charge in [0.15, 0.2) is 0 Å². The summed E-state index contributed by atoms with van der Waals surface area (Å²) in [6.07, 6.45) is 1.16. The number of aliphatic hydroxyl groups is 1. The number of nitrogens with zero attached hydrogens (tertiary/aromatic N) is 1. The van der Waals surface area contributed by atoms with Gasteiger partial charge in [-0.15, -0.1) is 0 Å². The Hall–Kier alpha value is -1.04. The van der Waals surface area contributed by atoms with Gasteiger partial charge in [0, 0.05) is 17.5 Å². The van der Waals surface area contributed by atoms with Crippen LogP contribution in [0.4, 0.5) is 5.69 Å². The highest BCUT2D eigenvalue weighted by atomic mass is 32.2. The van der Waals surface area contributed by atoms with E-state index in [9.17, 15) is 4.79 Å². The molecule has 2 rings (SSSR count). The molecule has 0 aliphatic carbocycles. The van der Waals surface area contributed by atoms with Crippen molar-refractivity contribution in [3.05, 3.63) is 29.3 Å². The van der Waals surface area contributed by atoms with E-state index in [0.717, 1.165) is 29.0 Å². The molecule has 20 heavy (non-hydrogen) atoms. The molecule has 0 radical (unpaired) electrons. The van der Waals surface area contributed by atoms with Crippen LogP contribution < -0.4 is 5.32 Å². The standard InChI is InChI=1S/C15H22N2O2S/c1-11-3-4-12(9-18)7-14(11)16-15(19)8-17(2)13-5-6-20-10-13/h3-4,7,13,18H,5-6,8-10H2,1-2H3,(H,16,19). The maximum absolute atomic E-state index is 12.1. The molecular weight excluding hydrogens is 272 g/mol. The van der Waals surface area contributed by atoms with Crippen molar-refractivity contribution in [2.24, 2.45) is 0 Å².